The van der Waals surface area contributed by atoms with Gasteiger partial charge in [-0.15, -0.1) is 0 Å². The minimum absolute atomic E-state index is 0.197. The summed E-state index contributed by atoms with van der Waals surface area (Å²) in [6.07, 6.45) is 0. The van der Waals surface area contributed by atoms with Gasteiger partial charge >= 0.3 is 21.0 Å². The Bertz CT molecular complexity index is 3640. The van der Waals surface area contributed by atoms with E-state index in [4.69, 9.17) is 3.67 Å². The summed E-state index contributed by atoms with van der Waals surface area (Å²) in [5.41, 5.74) is -1.18. The van der Waals surface area contributed by atoms with Crippen molar-refractivity contribution in [1.82, 2.24) is 0 Å². The van der Waals surface area contributed by atoms with Crippen molar-refractivity contribution in [3.63, 3.8) is 0 Å². The zero-order valence-electron chi connectivity index (χ0n) is 44.0. The molecule has 0 spiro atoms. The van der Waals surface area contributed by atoms with Gasteiger partial charge in [0.05, 0.1) is 56.4 Å². The minimum atomic E-state index is -3.77. The van der Waals surface area contributed by atoms with Crippen LogP contribution in [0.15, 0.2) is 222 Å². The summed E-state index contributed by atoms with van der Waals surface area (Å²) in [5.74, 6) is 0. The SMILES string of the molecule is O=[N+]([O-])c1cc([Si](O)(c2ccc(Br)cc2)c2ccc(Br)c([N+](=O)[O-])c2)ccc1Br.O=[N+]([O-])c1cc([Si](O)(c2ccc(Br)cc2)c2ccc(Br)c([N+](=O)[O-])c2)ccc1Br.O=[N+]([O-])c1cc([Si](O)(c2ccc(Br)cc2)c2ccc(Br)c([N+](=O)[O-])c2)ccc1Br.[O]=[V]. The van der Waals surface area contributed by atoms with Crippen LogP contribution in [0.3, 0.4) is 0 Å². The van der Waals surface area contributed by atoms with E-state index in [0.717, 1.165) is 30.8 Å². The normalized spacial score (nSPS) is 11.1. The molecule has 9 aromatic rings. The molecule has 0 aliphatic carbocycles. The summed E-state index contributed by atoms with van der Waals surface area (Å²) >= 11 is 30.0. The van der Waals surface area contributed by atoms with Gasteiger partial charge in [-0.1, -0.05) is 121 Å². The molecule has 0 atom stereocenters. The Morgan fingerprint density at radius 1 is 0.247 bits per heavy atom. The van der Waals surface area contributed by atoms with Gasteiger partial charge in [0.15, 0.2) is 0 Å². The fourth-order valence-electron chi connectivity index (χ4n) is 8.84. The Hall–Kier alpha value is -5.38. The summed E-state index contributed by atoms with van der Waals surface area (Å²) in [6, 6.07) is 47.1. The topological polar surface area (TPSA) is 337 Å². The van der Waals surface area contributed by atoms with Crippen molar-refractivity contribution in [3.8, 4) is 0 Å². The van der Waals surface area contributed by atoms with E-state index in [0.29, 0.717) is 46.7 Å². The standard InChI is InChI=1S/3C18H11Br3N2O5Si.O.V/c3*19-11-1-3-12(4-2-11)29(28,13-5-7-15(20)17(9-13)22(24)25)14-6-8-16(21)18(10-14)23(26)27;;/h3*1-10,28H;;. The van der Waals surface area contributed by atoms with E-state index in [1.165, 1.54) is 72.8 Å². The van der Waals surface area contributed by atoms with Crippen molar-refractivity contribution < 1.29 is 65.0 Å². The van der Waals surface area contributed by atoms with Crippen LogP contribution in [0.4, 0.5) is 34.1 Å². The molecule has 35 heteroatoms. The van der Waals surface area contributed by atoms with Crippen molar-refractivity contribution >= 4 is 249 Å². The summed E-state index contributed by atoms with van der Waals surface area (Å²) in [6.45, 7) is 0. The molecule has 9 rings (SSSR count). The van der Waals surface area contributed by atoms with E-state index in [1.807, 2.05) is 0 Å². The molecule has 0 bridgehead atoms. The fraction of sp³-hybridized carbons (Fsp3) is 0. The molecular weight excluding hydrogens is 1840 g/mol. The van der Waals surface area contributed by atoms with Gasteiger partial charge in [0, 0.05) is 49.8 Å². The first-order valence-corrected chi connectivity index (χ1v) is 37.8. The predicted octanol–water partition coefficient (Wildman–Crippen LogP) is 11.1. The Labute approximate surface area is 590 Å². The number of nitro benzene ring substituents is 6. The molecule has 0 aromatic heterocycles. The van der Waals surface area contributed by atoms with Crippen LogP contribution in [0.25, 0.3) is 0 Å². The molecule has 0 aliphatic rings. The van der Waals surface area contributed by atoms with Crippen molar-refractivity contribution in [3.05, 3.63) is 283 Å². The summed E-state index contributed by atoms with van der Waals surface area (Å²) in [5, 5.41) is 72.1. The van der Waals surface area contributed by atoms with Crippen LogP contribution >= 0.6 is 143 Å². The van der Waals surface area contributed by atoms with E-state index >= 15 is 0 Å². The molecular formula is C54H33Br9N6O16Si3V. The Morgan fingerprint density at radius 3 is 0.494 bits per heavy atom. The van der Waals surface area contributed by atoms with E-state index in [2.05, 4.69) is 143 Å². The average molecular weight is 1880 g/mol. The van der Waals surface area contributed by atoms with Crippen molar-refractivity contribution in [1.29, 1.82) is 0 Å². The first-order chi connectivity index (χ1) is 41.9. The van der Waals surface area contributed by atoms with Crippen molar-refractivity contribution in [2.75, 3.05) is 0 Å². The molecule has 0 heterocycles. The van der Waals surface area contributed by atoms with Gasteiger partial charge in [0.2, 0.25) is 0 Å². The van der Waals surface area contributed by atoms with Crippen LogP contribution in [0.1, 0.15) is 0 Å². The monoisotopic (exact) mass is 1870 g/mol. The second-order valence-corrected chi connectivity index (χ2v) is 35.5. The van der Waals surface area contributed by atoms with E-state index < -0.39 is 54.5 Å². The average Bonchev–Trinajstić information content (AvgIpc) is 1.93. The number of nitrogens with zero attached hydrogens (tertiary/aromatic N) is 6. The van der Waals surface area contributed by atoms with Crippen LogP contribution in [-0.2, 0) is 21.0 Å². The van der Waals surface area contributed by atoms with Crippen molar-refractivity contribution in [2.45, 2.75) is 0 Å². The number of halogens is 9. The zero-order chi connectivity index (χ0) is 66.0. The molecule has 0 saturated carbocycles. The Balaban J connectivity index is 0.000000210. The van der Waals surface area contributed by atoms with Crippen LogP contribution in [0.5, 0.6) is 0 Å². The molecule has 455 valence electrons. The Morgan fingerprint density at radius 2 is 0.371 bits per heavy atom. The number of hydrogen-bond acceptors (Lipinski definition) is 16. The van der Waals surface area contributed by atoms with Gasteiger partial charge in [-0.05, 0) is 215 Å². The molecule has 22 nitrogen and oxygen atoms in total. The maximum absolute atomic E-state index is 12.0. The summed E-state index contributed by atoms with van der Waals surface area (Å²) < 4.78 is 12.2. The van der Waals surface area contributed by atoms with Gasteiger partial charge in [0.25, 0.3) is 59.1 Å². The first kappa shape index (κ1) is 72.7. The molecule has 0 saturated heterocycles. The third-order valence-electron chi connectivity index (χ3n) is 13.1. The van der Waals surface area contributed by atoms with Gasteiger partial charge in [0.1, 0.15) is 0 Å². The quantitative estimate of drug-likeness (QED) is 0.0371. The maximum atomic E-state index is 12.0. The third-order valence-corrected chi connectivity index (χ3v) is 29.1. The van der Waals surface area contributed by atoms with Crippen LogP contribution in [0.2, 0.25) is 0 Å². The molecule has 0 radical (unpaired) electrons. The predicted molar refractivity (Wildman–Crippen MR) is 369 cm³/mol. The summed E-state index contributed by atoms with van der Waals surface area (Å²) in [7, 11) is -11.3. The number of nitro groups is 6. The first-order valence-electron chi connectivity index (χ1n) is 24.2. The van der Waals surface area contributed by atoms with E-state index in [1.54, 1.807) is 109 Å². The third kappa shape index (κ3) is 16.5. The zero-order valence-corrected chi connectivity index (χ0v) is 62.7. The number of hydrogen-bond donors (Lipinski definition) is 3. The molecule has 0 aliphatic heterocycles. The van der Waals surface area contributed by atoms with Gasteiger partial charge in [-0.2, -0.15) is 0 Å². The van der Waals surface area contributed by atoms with Crippen molar-refractivity contribution in [2.24, 2.45) is 0 Å². The molecule has 0 fully saturated rings. The second kappa shape index (κ2) is 31.3. The number of rotatable bonds is 15. The van der Waals surface area contributed by atoms with Gasteiger partial charge in [-0.3, -0.25) is 60.7 Å². The Kier molecular flexibility index (Phi) is 25.6. The van der Waals surface area contributed by atoms with Crippen LogP contribution in [-0.4, -0.2) is 68.9 Å². The van der Waals surface area contributed by atoms with Crippen LogP contribution in [0, 0.1) is 60.7 Å². The van der Waals surface area contributed by atoms with Gasteiger partial charge in [-0.25, -0.2) is 0 Å². The van der Waals surface area contributed by atoms with E-state index in [9.17, 15) is 75.1 Å². The fourth-order valence-corrected chi connectivity index (χ4v) is 20.9. The van der Waals surface area contributed by atoms with E-state index in [-0.39, 0.29) is 61.0 Å². The molecule has 0 unspecified atom stereocenters. The van der Waals surface area contributed by atoms with Gasteiger partial charge < -0.3 is 14.4 Å². The molecule has 3 N–H and O–H groups in total. The second-order valence-electron chi connectivity index (χ2n) is 18.2. The van der Waals surface area contributed by atoms with Crippen LogP contribution < -0.4 is 46.7 Å². The molecule has 89 heavy (non-hydrogen) atoms. The number of benzene rings is 9. The molecule has 9 aromatic carbocycles. The summed E-state index contributed by atoms with van der Waals surface area (Å²) in [4.78, 5) is 101. The molecule has 0 amide bonds.